The molecule has 2 aliphatic rings. The zero-order chi connectivity index (χ0) is 16.7. The molecule has 24 heavy (non-hydrogen) atoms. The van der Waals surface area contributed by atoms with Gasteiger partial charge in [-0.25, -0.2) is 4.98 Å². The van der Waals surface area contributed by atoms with Crippen molar-refractivity contribution in [1.29, 1.82) is 0 Å². The summed E-state index contributed by atoms with van der Waals surface area (Å²) < 4.78 is 6.02. The molecule has 126 valence electrons. The first kappa shape index (κ1) is 15.6. The summed E-state index contributed by atoms with van der Waals surface area (Å²) in [5, 5.41) is 3.13. The molecule has 1 saturated heterocycles. The maximum absolute atomic E-state index is 13.2. The Hall–Kier alpha value is -1.88. The van der Waals surface area contributed by atoms with Crippen molar-refractivity contribution in [1.82, 2.24) is 9.88 Å². The molecule has 4 rings (SSSR count). The molecule has 0 saturated carbocycles. The van der Waals surface area contributed by atoms with Gasteiger partial charge >= 0.3 is 0 Å². The van der Waals surface area contributed by atoms with Crippen LogP contribution in [0.2, 0.25) is 0 Å². The third-order valence-corrected chi connectivity index (χ3v) is 6.13. The van der Waals surface area contributed by atoms with Crippen LogP contribution >= 0.6 is 11.3 Å². The van der Waals surface area contributed by atoms with Gasteiger partial charge in [-0.05, 0) is 32.3 Å². The number of thiazole rings is 1. The number of hydrogen-bond donors (Lipinski definition) is 0. The number of amides is 1. The fourth-order valence-corrected chi connectivity index (χ4v) is 4.71. The lowest BCUT2D eigenvalue weighted by molar-refractivity contribution is -0.142. The standard InChI is InChI=1S/C19H22N2O2S/c1-12-11-24-18(20-12)15-8-5-6-10-21(15)19(22)17-13(2)14-7-3-4-9-16(14)23-17/h3-4,7,9,11,13,15,17H,5-6,8,10H2,1-2H3/t13-,15+,17-/m1/s1. The predicted molar refractivity (Wildman–Crippen MR) is 94.4 cm³/mol. The van der Waals surface area contributed by atoms with Crippen molar-refractivity contribution < 1.29 is 9.53 Å². The lowest BCUT2D eigenvalue weighted by Crippen LogP contribution is -2.46. The van der Waals surface area contributed by atoms with Crippen molar-refractivity contribution in [2.24, 2.45) is 0 Å². The number of carbonyl (C=O) groups excluding carboxylic acids is 1. The van der Waals surface area contributed by atoms with Crippen LogP contribution in [0.4, 0.5) is 0 Å². The molecule has 0 aliphatic carbocycles. The zero-order valence-electron chi connectivity index (χ0n) is 14.1. The Morgan fingerprint density at radius 3 is 2.92 bits per heavy atom. The Morgan fingerprint density at radius 2 is 2.17 bits per heavy atom. The number of nitrogens with zero attached hydrogens (tertiary/aromatic N) is 2. The molecule has 2 aliphatic heterocycles. The Kier molecular flexibility index (Phi) is 4.04. The molecule has 0 unspecified atom stereocenters. The summed E-state index contributed by atoms with van der Waals surface area (Å²) >= 11 is 1.66. The van der Waals surface area contributed by atoms with E-state index in [0.29, 0.717) is 0 Å². The van der Waals surface area contributed by atoms with Gasteiger partial charge in [0.25, 0.3) is 5.91 Å². The molecule has 1 aromatic carbocycles. The third-order valence-electron chi connectivity index (χ3n) is 5.07. The number of piperidine rings is 1. The molecule has 0 radical (unpaired) electrons. The van der Waals surface area contributed by atoms with E-state index < -0.39 is 6.10 Å². The monoisotopic (exact) mass is 342 g/mol. The van der Waals surface area contributed by atoms with E-state index in [1.807, 2.05) is 30.0 Å². The van der Waals surface area contributed by atoms with E-state index in [9.17, 15) is 4.79 Å². The SMILES string of the molecule is Cc1csc([C@@H]2CCCCN2C(=O)[C@@H]2Oc3ccccc3[C@H]2C)n1. The van der Waals surface area contributed by atoms with E-state index in [2.05, 4.69) is 23.4 Å². The number of ether oxygens (including phenoxy) is 1. The minimum atomic E-state index is -0.413. The number of rotatable bonds is 2. The maximum atomic E-state index is 13.2. The molecule has 3 atom stereocenters. The predicted octanol–water partition coefficient (Wildman–Crippen LogP) is 4.07. The number of aromatic nitrogens is 1. The van der Waals surface area contributed by atoms with Crippen LogP contribution in [-0.4, -0.2) is 28.4 Å². The van der Waals surface area contributed by atoms with Gasteiger partial charge in [0, 0.05) is 29.1 Å². The fourth-order valence-electron chi connectivity index (χ4n) is 3.77. The zero-order valence-corrected chi connectivity index (χ0v) is 14.9. The molecule has 1 amide bonds. The number of para-hydroxylation sites is 1. The van der Waals surface area contributed by atoms with E-state index in [1.54, 1.807) is 11.3 Å². The smallest absolute Gasteiger partial charge is 0.264 e. The minimum absolute atomic E-state index is 0.0920. The Labute approximate surface area is 146 Å². The van der Waals surface area contributed by atoms with E-state index in [1.165, 1.54) is 0 Å². The van der Waals surface area contributed by atoms with E-state index in [4.69, 9.17) is 4.74 Å². The number of benzene rings is 1. The summed E-state index contributed by atoms with van der Waals surface area (Å²) in [5.41, 5.74) is 2.17. The minimum Gasteiger partial charge on any atom is -0.480 e. The van der Waals surface area contributed by atoms with Gasteiger partial charge in [0.2, 0.25) is 0 Å². The highest BCUT2D eigenvalue weighted by atomic mass is 32.1. The quantitative estimate of drug-likeness (QED) is 0.826. The van der Waals surface area contributed by atoms with Crippen molar-refractivity contribution in [2.75, 3.05) is 6.54 Å². The summed E-state index contributed by atoms with van der Waals surface area (Å²) in [4.78, 5) is 19.9. The number of carbonyl (C=O) groups is 1. The molecule has 0 bridgehead atoms. The molecular formula is C19H22N2O2S. The molecular weight excluding hydrogens is 320 g/mol. The van der Waals surface area contributed by atoms with Gasteiger partial charge in [-0.2, -0.15) is 0 Å². The summed E-state index contributed by atoms with van der Waals surface area (Å²) in [7, 11) is 0. The van der Waals surface area contributed by atoms with E-state index in [-0.39, 0.29) is 17.9 Å². The summed E-state index contributed by atoms with van der Waals surface area (Å²) in [6.07, 6.45) is 2.78. The Morgan fingerprint density at radius 1 is 1.33 bits per heavy atom. The van der Waals surface area contributed by atoms with Crippen LogP contribution in [0.25, 0.3) is 0 Å². The van der Waals surface area contributed by atoms with Crippen LogP contribution in [-0.2, 0) is 4.79 Å². The van der Waals surface area contributed by atoms with E-state index in [0.717, 1.165) is 47.8 Å². The first-order valence-electron chi connectivity index (χ1n) is 8.63. The molecule has 4 nitrogen and oxygen atoms in total. The fraction of sp³-hybridized carbons (Fsp3) is 0.474. The average Bonchev–Trinajstić information content (AvgIpc) is 3.18. The molecule has 5 heteroatoms. The lowest BCUT2D eigenvalue weighted by Gasteiger charge is -2.36. The van der Waals surface area contributed by atoms with Crippen molar-refractivity contribution in [3.8, 4) is 5.75 Å². The average molecular weight is 342 g/mol. The topological polar surface area (TPSA) is 42.4 Å². The van der Waals surface area contributed by atoms with Gasteiger partial charge in [0.05, 0.1) is 6.04 Å². The van der Waals surface area contributed by atoms with Crippen LogP contribution in [0.3, 0.4) is 0 Å². The van der Waals surface area contributed by atoms with Crippen molar-refractivity contribution in [3.05, 3.63) is 45.9 Å². The Balaban J connectivity index is 1.59. The molecule has 1 fully saturated rings. The van der Waals surface area contributed by atoms with Gasteiger partial charge in [-0.15, -0.1) is 11.3 Å². The number of aryl methyl sites for hydroxylation is 1. The molecule has 1 aromatic heterocycles. The molecule has 0 N–H and O–H groups in total. The first-order valence-corrected chi connectivity index (χ1v) is 9.51. The molecule has 2 aromatic rings. The number of likely N-dealkylation sites (tertiary alicyclic amines) is 1. The van der Waals surface area contributed by atoms with Gasteiger partial charge in [-0.1, -0.05) is 25.1 Å². The second-order valence-electron chi connectivity index (χ2n) is 6.74. The summed E-state index contributed by atoms with van der Waals surface area (Å²) in [5.74, 6) is 1.05. The Bertz CT molecular complexity index is 757. The lowest BCUT2D eigenvalue weighted by atomic mass is 9.95. The highest BCUT2D eigenvalue weighted by Gasteiger charge is 2.41. The van der Waals surface area contributed by atoms with Crippen LogP contribution in [0.15, 0.2) is 29.6 Å². The van der Waals surface area contributed by atoms with Crippen LogP contribution in [0.1, 0.15) is 54.4 Å². The largest absolute Gasteiger partial charge is 0.480 e. The summed E-state index contributed by atoms with van der Waals surface area (Å²) in [6, 6.07) is 8.08. The molecule has 0 spiro atoms. The second kappa shape index (κ2) is 6.20. The van der Waals surface area contributed by atoms with Crippen molar-refractivity contribution in [2.45, 2.75) is 51.2 Å². The normalized spacial score (nSPS) is 26.1. The van der Waals surface area contributed by atoms with Gasteiger partial charge < -0.3 is 9.64 Å². The second-order valence-corrected chi connectivity index (χ2v) is 7.62. The third kappa shape index (κ3) is 2.61. The molecule has 3 heterocycles. The highest BCUT2D eigenvalue weighted by Crippen LogP contribution is 2.40. The highest BCUT2D eigenvalue weighted by molar-refractivity contribution is 7.09. The van der Waals surface area contributed by atoms with Crippen LogP contribution in [0.5, 0.6) is 5.75 Å². The van der Waals surface area contributed by atoms with E-state index >= 15 is 0 Å². The van der Waals surface area contributed by atoms with Crippen LogP contribution in [0, 0.1) is 6.92 Å². The maximum Gasteiger partial charge on any atom is 0.264 e. The van der Waals surface area contributed by atoms with Crippen LogP contribution < -0.4 is 4.74 Å². The first-order chi connectivity index (χ1) is 11.6. The van der Waals surface area contributed by atoms with Gasteiger partial charge in [0.1, 0.15) is 10.8 Å². The summed E-state index contributed by atoms with van der Waals surface area (Å²) in [6.45, 7) is 4.89. The number of fused-ring (bicyclic) bond motifs is 1. The van der Waals surface area contributed by atoms with Gasteiger partial charge in [0.15, 0.2) is 6.10 Å². The van der Waals surface area contributed by atoms with Gasteiger partial charge in [-0.3, -0.25) is 4.79 Å². The van der Waals surface area contributed by atoms with Crippen molar-refractivity contribution >= 4 is 17.2 Å². The van der Waals surface area contributed by atoms with Crippen molar-refractivity contribution in [3.63, 3.8) is 0 Å². The number of hydrogen-bond acceptors (Lipinski definition) is 4.